The van der Waals surface area contributed by atoms with Gasteiger partial charge >= 0.3 is 0 Å². The average molecular weight is 371 g/mol. The fourth-order valence-corrected chi connectivity index (χ4v) is 3.93. The molecule has 1 saturated carbocycles. The van der Waals surface area contributed by atoms with Crippen molar-refractivity contribution in [2.24, 2.45) is 0 Å². The van der Waals surface area contributed by atoms with E-state index in [2.05, 4.69) is 20.9 Å². The molecule has 3 aliphatic rings. The molecule has 2 fully saturated rings. The van der Waals surface area contributed by atoms with E-state index in [1.165, 1.54) is 0 Å². The summed E-state index contributed by atoms with van der Waals surface area (Å²) in [7, 11) is 0. The standard InChI is InChI=1S/C19H25N5O3/c1-12(17(26)21-13-4-2-5-13)24-11-9-19(8-7-15(24)25)22-16-14(18(27)23-19)6-3-10-20-16/h3,6,10,12-13H,2,4-5,7-9,11H2,1H3,(H,20,22)(H,21,26)(H,23,27)/t12-,19-/m0/s1. The van der Waals surface area contributed by atoms with Crippen LogP contribution in [0.2, 0.25) is 0 Å². The highest BCUT2D eigenvalue weighted by atomic mass is 16.2. The minimum atomic E-state index is -0.715. The first-order valence-corrected chi connectivity index (χ1v) is 9.63. The van der Waals surface area contributed by atoms with Crippen molar-refractivity contribution in [3.63, 3.8) is 0 Å². The third-order valence-corrected chi connectivity index (χ3v) is 5.93. The van der Waals surface area contributed by atoms with Crippen LogP contribution < -0.4 is 16.0 Å². The second-order valence-corrected chi connectivity index (χ2v) is 7.71. The van der Waals surface area contributed by atoms with Gasteiger partial charge in [-0.15, -0.1) is 0 Å². The minimum Gasteiger partial charge on any atom is -0.352 e. The van der Waals surface area contributed by atoms with Crippen LogP contribution >= 0.6 is 0 Å². The summed E-state index contributed by atoms with van der Waals surface area (Å²) in [5.74, 6) is 0.189. The summed E-state index contributed by atoms with van der Waals surface area (Å²) in [4.78, 5) is 43.5. The Labute approximate surface area is 158 Å². The van der Waals surface area contributed by atoms with E-state index in [0.717, 1.165) is 19.3 Å². The largest absolute Gasteiger partial charge is 0.352 e. The van der Waals surface area contributed by atoms with E-state index in [-0.39, 0.29) is 30.2 Å². The van der Waals surface area contributed by atoms with Crippen LogP contribution in [0, 0.1) is 0 Å². The number of fused-ring (bicyclic) bond motifs is 1. The molecule has 3 amide bonds. The third-order valence-electron chi connectivity index (χ3n) is 5.93. The van der Waals surface area contributed by atoms with Crippen LogP contribution in [-0.2, 0) is 9.59 Å². The molecule has 2 atom stereocenters. The monoisotopic (exact) mass is 371 g/mol. The summed E-state index contributed by atoms with van der Waals surface area (Å²) in [6.45, 7) is 2.17. The Kier molecular flexibility index (Phi) is 4.49. The van der Waals surface area contributed by atoms with Crippen molar-refractivity contribution in [3.8, 4) is 0 Å². The van der Waals surface area contributed by atoms with Crippen LogP contribution in [0.1, 0.15) is 55.8 Å². The Hall–Kier alpha value is -2.64. The molecule has 0 bridgehead atoms. The van der Waals surface area contributed by atoms with Gasteiger partial charge in [0.25, 0.3) is 5.91 Å². The minimum absolute atomic E-state index is 0.0639. The summed E-state index contributed by atoms with van der Waals surface area (Å²) in [6.07, 6.45) is 6.04. The molecule has 27 heavy (non-hydrogen) atoms. The van der Waals surface area contributed by atoms with Crippen LogP contribution in [0.25, 0.3) is 0 Å². The number of carbonyl (C=O) groups excluding carboxylic acids is 3. The van der Waals surface area contributed by atoms with Crippen molar-refractivity contribution in [1.82, 2.24) is 20.5 Å². The molecule has 8 nitrogen and oxygen atoms in total. The molecule has 0 unspecified atom stereocenters. The predicted molar refractivity (Wildman–Crippen MR) is 98.9 cm³/mol. The van der Waals surface area contributed by atoms with Gasteiger partial charge in [0.2, 0.25) is 11.8 Å². The number of nitrogens with one attached hydrogen (secondary N) is 3. The molecule has 1 aliphatic carbocycles. The molecule has 4 rings (SSSR count). The fourth-order valence-electron chi connectivity index (χ4n) is 3.93. The Morgan fingerprint density at radius 3 is 2.89 bits per heavy atom. The lowest BCUT2D eigenvalue weighted by atomic mass is 9.93. The number of amides is 3. The van der Waals surface area contributed by atoms with E-state index < -0.39 is 11.7 Å². The number of rotatable bonds is 3. The highest BCUT2D eigenvalue weighted by molar-refractivity contribution is 6.01. The van der Waals surface area contributed by atoms with Crippen molar-refractivity contribution in [2.45, 2.75) is 63.2 Å². The van der Waals surface area contributed by atoms with E-state index in [1.54, 1.807) is 30.2 Å². The fraction of sp³-hybridized carbons (Fsp3) is 0.579. The van der Waals surface area contributed by atoms with Crippen molar-refractivity contribution < 1.29 is 14.4 Å². The molecular weight excluding hydrogens is 346 g/mol. The number of hydrogen-bond donors (Lipinski definition) is 3. The van der Waals surface area contributed by atoms with Crippen LogP contribution in [0.15, 0.2) is 18.3 Å². The first kappa shape index (κ1) is 17.8. The number of carbonyl (C=O) groups is 3. The highest BCUT2D eigenvalue weighted by Crippen LogP contribution is 2.31. The summed E-state index contributed by atoms with van der Waals surface area (Å²) in [5, 5.41) is 9.36. The lowest BCUT2D eigenvalue weighted by molar-refractivity contribution is -0.139. The van der Waals surface area contributed by atoms with Crippen LogP contribution in [-0.4, -0.2) is 51.9 Å². The summed E-state index contributed by atoms with van der Waals surface area (Å²) in [6, 6.07) is 3.17. The smallest absolute Gasteiger partial charge is 0.256 e. The number of pyridine rings is 1. The number of likely N-dealkylation sites (tertiary alicyclic amines) is 1. The summed E-state index contributed by atoms with van der Waals surface area (Å²) in [5.41, 5.74) is -0.212. The number of hydrogen-bond acceptors (Lipinski definition) is 5. The van der Waals surface area contributed by atoms with Gasteiger partial charge in [-0.25, -0.2) is 4.98 Å². The van der Waals surface area contributed by atoms with E-state index in [4.69, 9.17) is 0 Å². The zero-order valence-corrected chi connectivity index (χ0v) is 15.5. The van der Waals surface area contributed by atoms with Crippen molar-refractivity contribution in [1.29, 1.82) is 0 Å². The molecule has 1 aromatic heterocycles. The lowest BCUT2D eigenvalue weighted by Crippen LogP contribution is -2.58. The van der Waals surface area contributed by atoms with Gasteiger partial charge in [-0.2, -0.15) is 0 Å². The SMILES string of the molecule is C[C@@H](C(=O)NC1CCC1)N1CC[C@]2(CCC1=O)NC(=O)c1cccnc1N2. The van der Waals surface area contributed by atoms with Crippen molar-refractivity contribution in [2.75, 3.05) is 11.9 Å². The Bertz CT molecular complexity index is 778. The summed E-state index contributed by atoms with van der Waals surface area (Å²) >= 11 is 0. The van der Waals surface area contributed by atoms with Gasteiger partial charge in [0.15, 0.2) is 0 Å². The summed E-state index contributed by atoms with van der Waals surface area (Å²) < 4.78 is 0. The van der Waals surface area contributed by atoms with Crippen LogP contribution in [0.4, 0.5) is 5.82 Å². The zero-order chi connectivity index (χ0) is 19.0. The van der Waals surface area contributed by atoms with Gasteiger partial charge in [-0.1, -0.05) is 0 Å². The second-order valence-electron chi connectivity index (χ2n) is 7.71. The van der Waals surface area contributed by atoms with E-state index in [0.29, 0.717) is 30.8 Å². The lowest BCUT2D eigenvalue weighted by Gasteiger charge is -2.39. The van der Waals surface area contributed by atoms with E-state index in [1.807, 2.05) is 0 Å². The molecule has 1 spiro atoms. The Morgan fingerprint density at radius 1 is 1.33 bits per heavy atom. The van der Waals surface area contributed by atoms with E-state index in [9.17, 15) is 14.4 Å². The number of aromatic nitrogens is 1. The van der Waals surface area contributed by atoms with Gasteiger partial charge in [0.1, 0.15) is 17.5 Å². The zero-order valence-electron chi connectivity index (χ0n) is 15.5. The van der Waals surface area contributed by atoms with Crippen LogP contribution in [0.3, 0.4) is 0 Å². The molecule has 1 saturated heterocycles. The average Bonchev–Trinajstić information content (AvgIpc) is 2.77. The van der Waals surface area contributed by atoms with Crippen molar-refractivity contribution in [3.05, 3.63) is 23.9 Å². The molecule has 2 aliphatic heterocycles. The van der Waals surface area contributed by atoms with Gasteiger partial charge in [-0.05, 0) is 44.7 Å². The topological polar surface area (TPSA) is 103 Å². The first-order valence-electron chi connectivity index (χ1n) is 9.63. The maximum Gasteiger partial charge on any atom is 0.256 e. The maximum atomic E-state index is 12.7. The maximum absolute atomic E-state index is 12.7. The molecule has 0 aromatic carbocycles. The van der Waals surface area contributed by atoms with Gasteiger partial charge < -0.3 is 20.9 Å². The molecule has 3 N–H and O–H groups in total. The Morgan fingerprint density at radius 2 is 2.15 bits per heavy atom. The molecule has 1 aromatic rings. The van der Waals surface area contributed by atoms with Gasteiger partial charge in [0.05, 0.1) is 5.56 Å². The van der Waals surface area contributed by atoms with Gasteiger partial charge in [0, 0.05) is 31.6 Å². The van der Waals surface area contributed by atoms with Gasteiger partial charge in [-0.3, -0.25) is 14.4 Å². The number of nitrogens with zero attached hydrogens (tertiary/aromatic N) is 2. The molecule has 144 valence electrons. The predicted octanol–water partition coefficient (Wildman–Crippen LogP) is 1.00. The first-order chi connectivity index (χ1) is 13.0. The second kappa shape index (κ2) is 6.83. The highest BCUT2D eigenvalue weighted by Gasteiger charge is 2.42. The Balaban J connectivity index is 1.47. The third kappa shape index (κ3) is 3.36. The van der Waals surface area contributed by atoms with Crippen LogP contribution in [0.5, 0.6) is 0 Å². The number of anilines is 1. The normalized spacial score (nSPS) is 26.3. The molecule has 8 heteroatoms. The molecular formula is C19H25N5O3. The van der Waals surface area contributed by atoms with E-state index >= 15 is 0 Å². The van der Waals surface area contributed by atoms with Crippen molar-refractivity contribution >= 4 is 23.5 Å². The quantitative estimate of drug-likeness (QED) is 0.736. The molecule has 0 radical (unpaired) electrons. The molecule has 3 heterocycles.